The van der Waals surface area contributed by atoms with E-state index in [1.54, 1.807) is 7.05 Å². The summed E-state index contributed by atoms with van der Waals surface area (Å²) in [5.41, 5.74) is 2.31. The van der Waals surface area contributed by atoms with E-state index in [1.807, 2.05) is 29.5 Å². The van der Waals surface area contributed by atoms with Crippen molar-refractivity contribution in [2.45, 2.75) is 19.9 Å². The van der Waals surface area contributed by atoms with E-state index < -0.39 is 0 Å². The molecule has 0 bridgehead atoms. The average molecular weight is 451 g/mol. The van der Waals surface area contributed by atoms with Crippen molar-refractivity contribution >= 4 is 28.5 Å². The molecule has 174 valence electrons. The second kappa shape index (κ2) is 8.18. The molecule has 10 heteroatoms. The standard InChI is InChI=1S/C23H30N8O2/c1-16-17(2)31-19-20(26(3)23(33)27(4)21(19)32)24-22(31)30(25-16)15-12-28-10-13-29(14-11-28)18-8-6-5-7-9-18/h5-9,17H,10-15H2,1-4H3/t17-/m0/s1. The maximum atomic E-state index is 13.0. The second-order valence-electron chi connectivity index (χ2n) is 8.86. The molecule has 1 saturated heterocycles. The molecule has 2 aliphatic heterocycles. The number of benzene rings is 1. The Morgan fingerprint density at radius 1 is 0.970 bits per heavy atom. The lowest BCUT2D eigenvalue weighted by atomic mass is 10.2. The van der Waals surface area contributed by atoms with E-state index in [9.17, 15) is 9.59 Å². The van der Waals surface area contributed by atoms with E-state index in [1.165, 1.54) is 17.3 Å². The number of imidazole rings is 1. The van der Waals surface area contributed by atoms with Crippen LogP contribution in [-0.4, -0.2) is 68.6 Å². The van der Waals surface area contributed by atoms with Gasteiger partial charge in [-0.3, -0.25) is 23.4 Å². The van der Waals surface area contributed by atoms with Crippen LogP contribution in [-0.2, 0) is 14.1 Å². The van der Waals surface area contributed by atoms with Gasteiger partial charge in [-0.25, -0.2) is 9.80 Å². The number of nitrogens with zero attached hydrogens (tertiary/aromatic N) is 8. The van der Waals surface area contributed by atoms with Crippen molar-refractivity contribution in [3.63, 3.8) is 0 Å². The first-order valence-electron chi connectivity index (χ1n) is 11.4. The Kier molecular flexibility index (Phi) is 5.32. The number of rotatable bonds is 4. The zero-order valence-electron chi connectivity index (χ0n) is 19.6. The van der Waals surface area contributed by atoms with Crippen LogP contribution in [0.25, 0.3) is 11.2 Å². The van der Waals surface area contributed by atoms with E-state index in [-0.39, 0.29) is 17.3 Å². The van der Waals surface area contributed by atoms with Crippen LogP contribution in [0.2, 0.25) is 0 Å². The van der Waals surface area contributed by atoms with E-state index in [0.717, 1.165) is 43.0 Å². The van der Waals surface area contributed by atoms with Gasteiger partial charge in [-0.05, 0) is 26.0 Å². The van der Waals surface area contributed by atoms with Crippen LogP contribution in [0.4, 0.5) is 11.6 Å². The predicted octanol–water partition coefficient (Wildman–Crippen LogP) is 1.01. The van der Waals surface area contributed by atoms with Crippen molar-refractivity contribution in [1.82, 2.24) is 23.6 Å². The van der Waals surface area contributed by atoms with Crippen molar-refractivity contribution in [3.05, 3.63) is 51.2 Å². The van der Waals surface area contributed by atoms with E-state index >= 15 is 0 Å². The van der Waals surface area contributed by atoms with Gasteiger partial charge in [0.2, 0.25) is 5.95 Å². The van der Waals surface area contributed by atoms with Crippen LogP contribution in [0.5, 0.6) is 0 Å². The van der Waals surface area contributed by atoms with Gasteiger partial charge < -0.3 is 4.90 Å². The van der Waals surface area contributed by atoms with Gasteiger partial charge in [-0.15, -0.1) is 0 Å². The molecule has 0 amide bonds. The molecule has 2 aliphatic rings. The minimum Gasteiger partial charge on any atom is -0.369 e. The molecule has 4 heterocycles. The summed E-state index contributed by atoms with van der Waals surface area (Å²) in [5.74, 6) is 0.615. The number of piperazine rings is 1. The molecule has 0 saturated carbocycles. The molecule has 0 aliphatic carbocycles. The van der Waals surface area contributed by atoms with E-state index in [2.05, 4.69) is 34.1 Å². The fourth-order valence-electron chi connectivity index (χ4n) is 4.71. The number of hydrogen-bond donors (Lipinski definition) is 0. The molecule has 1 atom stereocenters. The van der Waals surface area contributed by atoms with Gasteiger partial charge in [-0.2, -0.15) is 10.1 Å². The first-order chi connectivity index (χ1) is 15.9. The number of hydrazone groups is 1. The minimum absolute atomic E-state index is 0.110. The summed E-state index contributed by atoms with van der Waals surface area (Å²) in [4.78, 5) is 34.9. The van der Waals surface area contributed by atoms with Crippen LogP contribution in [0.1, 0.15) is 19.9 Å². The van der Waals surface area contributed by atoms with Crippen molar-refractivity contribution in [3.8, 4) is 0 Å². The largest absolute Gasteiger partial charge is 0.369 e. The fraction of sp³-hybridized carbons (Fsp3) is 0.478. The Balaban J connectivity index is 1.37. The third kappa shape index (κ3) is 3.54. The third-order valence-corrected chi connectivity index (χ3v) is 6.90. The maximum Gasteiger partial charge on any atom is 0.332 e. The molecule has 10 nitrogen and oxygen atoms in total. The minimum atomic E-state index is -0.379. The molecule has 0 spiro atoms. The Morgan fingerprint density at radius 2 is 1.67 bits per heavy atom. The molecular weight excluding hydrogens is 420 g/mol. The van der Waals surface area contributed by atoms with Gasteiger partial charge in [0.25, 0.3) is 5.56 Å². The Morgan fingerprint density at radius 3 is 2.36 bits per heavy atom. The molecule has 0 N–H and O–H groups in total. The maximum absolute atomic E-state index is 13.0. The highest BCUT2D eigenvalue weighted by Gasteiger charge is 2.30. The SMILES string of the molecule is CC1=NN(CCN2CCN(c3ccccc3)CC2)c2nc3c(c(=O)n(C)c(=O)n3C)n2[C@H]1C. The average Bonchev–Trinajstić information content (AvgIpc) is 3.25. The normalized spacial score (nSPS) is 19.2. The highest BCUT2D eigenvalue weighted by atomic mass is 16.2. The lowest BCUT2D eigenvalue weighted by Gasteiger charge is -2.37. The summed E-state index contributed by atoms with van der Waals surface area (Å²) in [6.45, 7) is 9.41. The molecule has 1 fully saturated rings. The highest BCUT2D eigenvalue weighted by Crippen LogP contribution is 2.29. The molecule has 2 aromatic heterocycles. The van der Waals surface area contributed by atoms with Crippen molar-refractivity contribution in [2.24, 2.45) is 19.2 Å². The number of hydrogen-bond acceptors (Lipinski definition) is 7. The molecule has 3 aromatic rings. The van der Waals surface area contributed by atoms with Crippen LogP contribution in [0, 0.1) is 0 Å². The highest BCUT2D eigenvalue weighted by molar-refractivity contribution is 5.91. The predicted molar refractivity (Wildman–Crippen MR) is 130 cm³/mol. The van der Waals surface area contributed by atoms with Gasteiger partial charge in [0.05, 0.1) is 18.3 Å². The summed E-state index contributed by atoms with van der Waals surface area (Å²) in [6, 6.07) is 10.4. The molecule has 1 aromatic carbocycles. The van der Waals surface area contributed by atoms with Crippen LogP contribution in [0.15, 0.2) is 45.0 Å². The van der Waals surface area contributed by atoms with Crippen molar-refractivity contribution < 1.29 is 0 Å². The number of anilines is 2. The lowest BCUT2D eigenvalue weighted by Crippen LogP contribution is -2.48. The lowest BCUT2D eigenvalue weighted by molar-refractivity contribution is 0.262. The smallest absolute Gasteiger partial charge is 0.332 e. The number of fused-ring (bicyclic) bond motifs is 3. The Labute approximate surface area is 192 Å². The van der Waals surface area contributed by atoms with E-state index in [0.29, 0.717) is 23.7 Å². The number of aryl methyl sites for hydroxylation is 1. The first kappa shape index (κ1) is 21.4. The zero-order valence-corrected chi connectivity index (χ0v) is 19.6. The van der Waals surface area contributed by atoms with Crippen LogP contribution < -0.4 is 21.2 Å². The summed E-state index contributed by atoms with van der Waals surface area (Å²) in [6.07, 6.45) is 0. The van der Waals surface area contributed by atoms with Gasteiger partial charge in [0, 0.05) is 52.5 Å². The molecule has 0 unspecified atom stereocenters. The zero-order chi connectivity index (χ0) is 23.3. The van der Waals surface area contributed by atoms with Crippen LogP contribution in [0.3, 0.4) is 0 Å². The first-order valence-corrected chi connectivity index (χ1v) is 11.4. The molecule has 5 rings (SSSR count). The Hall–Kier alpha value is -3.40. The van der Waals surface area contributed by atoms with Crippen LogP contribution >= 0.6 is 0 Å². The molecular formula is C23H30N8O2. The van der Waals surface area contributed by atoms with Gasteiger partial charge >= 0.3 is 5.69 Å². The Bertz CT molecular complexity index is 1330. The number of para-hydroxylation sites is 1. The molecule has 33 heavy (non-hydrogen) atoms. The quantitative estimate of drug-likeness (QED) is 0.590. The third-order valence-electron chi connectivity index (χ3n) is 6.90. The number of aromatic nitrogens is 4. The summed E-state index contributed by atoms with van der Waals surface area (Å²) in [7, 11) is 3.16. The monoisotopic (exact) mass is 450 g/mol. The van der Waals surface area contributed by atoms with Gasteiger partial charge in [-0.1, -0.05) is 18.2 Å². The summed E-state index contributed by atoms with van der Waals surface area (Å²) >= 11 is 0. The fourth-order valence-corrected chi connectivity index (χ4v) is 4.71. The topological polar surface area (TPSA) is 83.9 Å². The second-order valence-corrected chi connectivity index (χ2v) is 8.86. The van der Waals surface area contributed by atoms with Gasteiger partial charge in [0.1, 0.15) is 0 Å². The summed E-state index contributed by atoms with van der Waals surface area (Å²) < 4.78 is 4.50. The van der Waals surface area contributed by atoms with E-state index in [4.69, 9.17) is 10.1 Å². The summed E-state index contributed by atoms with van der Waals surface area (Å²) in [5, 5.41) is 6.66. The van der Waals surface area contributed by atoms with Crippen molar-refractivity contribution in [2.75, 3.05) is 49.2 Å². The van der Waals surface area contributed by atoms with Crippen molar-refractivity contribution in [1.29, 1.82) is 0 Å². The molecule has 0 radical (unpaired) electrons. The van der Waals surface area contributed by atoms with Gasteiger partial charge in [0.15, 0.2) is 11.2 Å².